The van der Waals surface area contributed by atoms with Gasteiger partial charge in [0.05, 0.1) is 0 Å². The molecule has 2 rings (SSSR count). The maximum absolute atomic E-state index is 5.99. The van der Waals surface area contributed by atoms with Gasteiger partial charge in [-0.2, -0.15) is 0 Å². The molecule has 21 heavy (non-hydrogen) atoms. The van der Waals surface area contributed by atoms with Crippen molar-refractivity contribution in [2.45, 2.75) is 24.8 Å². The average Bonchev–Trinajstić information content (AvgIpc) is 2.53. The fourth-order valence-corrected chi connectivity index (χ4v) is 3.32. The van der Waals surface area contributed by atoms with Crippen LogP contribution in [0.15, 0.2) is 53.4 Å². The monoisotopic (exact) mass is 300 g/mol. The normalized spacial score (nSPS) is 10.6. The molecule has 0 saturated carbocycles. The number of thioether (sulfide) groups is 1. The predicted octanol–water partition coefficient (Wildman–Crippen LogP) is 3.94. The Morgan fingerprint density at radius 1 is 1.05 bits per heavy atom. The van der Waals surface area contributed by atoms with Gasteiger partial charge in [-0.3, -0.25) is 0 Å². The van der Waals surface area contributed by atoms with Gasteiger partial charge < -0.3 is 10.6 Å². The molecule has 0 aliphatic carbocycles. The van der Waals surface area contributed by atoms with Crippen molar-refractivity contribution in [1.29, 1.82) is 0 Å². The highest BCUT2D eigenvalue weighted by atomic mass is 32.2. The highest BCUT2D eigenvalue weighted by Gasteiger charge is 2.10. The van der Waals surface area contributed by atoms with E-state index in [0.29, 0.717) is 6.54 Å². The van der Waals surface area contributed by atoms with Crippen molar-refractivity contribution in [3.8, 4) is 0 Å². The first-order chi connectivity index (χ1) is 10.3. The first-order valence-corrected chi connectivity index (χ1v) is 8.44. The Kier molecular flexibility index (Phi) is 6.15. The maximum Gasteiger partial charge on any atom is 0.0420 e. The highest BCUT2D eigenvalue weighted by molar-refractivity contribution is 7.99. The van der Waals surface area contributed by atoms with Gasteiger partial charge in [0.25, 0.3) is 0 Å². The van der Waals surface area contributed by atoms with Crippen molar-refractivity contribution in [2.75, 3.05) is 24.2 Å². The van der Waals surface area contributed by atoms with Crippen LogP contribution in [0.1, 0.15) is 18.1 Å². The van der Waals surface area contributed by atoms with Crippen LogP contribution in [-0.2, 0) is 13.0 Å². The number of hydrogen-bond acceptors (Lipinski definition) is 3. The Labute approximate surface area is 132 Å². The summed E-state index contributed by atoms with van der Waals surface area (Å²) in [6, 6.07) is 17.1. The van der Waals surface area contributed by atoms with E-state index in [9.17, 15) is 0 Å². The van der Waals surface area contributed by atoms with Crippen molar-refractivity contribution in [3.63, 3.8) is 0 Å². The molecule has 112 valence electrons. The van der Waals surface area contributed by atoms with Crippen LogP contribution in [0.4, 0.5) is 5.69 Å². The molecule has 2 N–H and O–H groups in total. The fraction of sp³-hybridized carbons (Fsp3) is 0.333. The van der Waals surface area contributed by atoms with E-state index in [4.69, 9.17) is 5.73 Å². The molecule has 0 bridgehead atoms. The summed E-state index contributed by atoms with van der Waals surface area (Å²) in [7, 11) is 2.15. The Morgan fingerprint density at radius 3 is 2.48 bits per heavy atom. The Bertz CT molecular complexity index is 554. The van der Waals surface area contributed by atoms with Crippen LogP contribution in [0.25, 0.3) is 0 Å². The lowest BCUT2D eigenvalue weighted by Crippen LogP contribution is -2.22. The van der Waals surface area contributed by atoms with Crippen molar-refractivity contribution < 1.29 is 0 Å². The smallest absolute Gasteiger partial charge is 0.0420 e. The summed E-state index contributed by atoms with van der Waals surface area (Å²) in [5.41, 5.74) is 9.88. The summed E-state index contributed by atoms with van der Waals surface area (Å²) in [6.45, 7) is 3.77. The van der Waals surface area contributed by atoms with Gasteiger partial charge in [0.1, 0.15) is 0 Å². The fourth-order valence-electron chi connectivity index (χ4n) is 2.47. The molecule has 0 radical (unpaired) electrons. The number of hydrogen-bond donors (Lipinski definition) is 1. The second kappa shape index (κ2) is 8.11. The van der Waals surface area contributed by atoms with Crippen molar-refractivity contribution in [1.82, 2.24) is 0 Å². The zero-order valence-corrected chi connectivity index (χ0v) is 13.7. The first-order valence-electron chi connectivity index (χ1n) is 7.46. The van der Waals surface area contributed by atoms with Crippen LogP contribution in [0.2, 0.25) is 0 Å². The van der Waals surface area contributed by atoms with Gasteiger partial charge in [-0.1, -0.05) is 43.3 Å². The number of rotatable bonds is 7. The molecule has 0 unspecified atom stereocenters. The zero-order valence-electron chi connectivity index (χ0n) is 12.9. The Balaban J connectivity index is 2.11. The van der Waals surface area contributed by atoms with Gasteiger partial charge in [0.15, 0.2) is 0 Å². The summed E-state index contributed by atoms with van der Waals surface area (Å²) in [5, 5.41) is 0. The minimum atomic E-state index is 0.591. The van der Waals surface area contributed by atoms with Gasteiger partial charge >= 0.3 is 0 Å². The molecule has 0 saturated heterocycles. The maximum atomic E-state index is 5.99. The molecule has 0 aliphatic rings. The minimum Gasteiger partial charge on any atom is -0.374 e. The van der Waals surface area contributed by atoms with Gasteiger partial charge in [-0.25, -0.2) is 0 Å². The summed E-state index contributed by atoms with van der Waals surface area (Å²) in [4.78, 5) is 3.62. The number of nitrogens with two attached hydrogens (primary N) is 1. The van der Waals surface area contributed by atoms with Crippen LogP contribution < -0.4 is 10.6 Å². The average molecular weight is 300 g/mol. The molecule has 2 nitrogen and oxygen atoms in total. The molecule has 0 heterocycles. The van der Waals surface area contributed by atoms with E-state index in [-0.39, 0.29) is 0 Å². The molecule has 3 heteroatoms. The lowest BCUT2D eigenvalue weighted by molar-refractivity contribution is 0.860. The van der Waals surface area contributed by atoms with Crippen LogP contribution in [0.5, 0.6) is 0 Å². The standard InChI is InChI=1S/C18H24N2S/c1-3-21-18-11-7-10-17(16(18)14-19)20(2)13-12-15-8-5-4-6-9-15/h4-11H,3,12-14,19H2,1-2H3. The lowest BCUT2D eigenvalue weighted by Gasteiger charge is -2.23. The lowest BCUT2D eigenvalue weighted by atomic mass is 10.1. The zero-order chi connectivity index (χ0) is 15.1. The predicted molar refractivity (Wildman–Crippen MR) is 94.1 cm³/mol. The molecular weight excluding hydrogens is 276 g/mol. The van der Waals surface area contributed by atoms with E-state index in [1.165, 1.54) is 21.7 Å². The van der Waals surface area contributed by atoms with Gasteiger partial charge in [-0.15, -0.1) is 11.8 Å². The second-order valence-electron chi connectivity index (χ2n) is 5.05. The van der Waals surface area contributed by atoms with Crippen LogP contribution in [-0.4, -0.2) is 19.3 Å². The molecular formula is C18H24N2S. The summed E-state index contributed by atoms with van der Waals surface area (Å²) in [6.07, 6.45) is 1.05. The van der Waals surface area contributed by atoms with Gasteiger partial charge in [-0.05, 0) is 29.9 Å². The van der Waals surface area contributed by atoms with Crippen LogP contribution >= 0.6 is 11.8 Å². The number of anilines is 1. The van der Waals surface area contributed by atoms with Crippen LogP contribution in [0, 0.1) is 0 Å². The summed E-state index contributed by atoms with van der Waals surface area (Å²) >= 11 is 1.87. The molecule has 0 atom stereocenters. The number of benzene rings is 2. The molecule has 0 amide bonds. The van der Waals surface area contributed by atoms with E-state index >= 15 is 0 Å². The SMILES string of the molecule is CCSc1cccc(N(C)CCc2ccccc2)c1CN. The third kappa shape index (κ3) is 4.26. The molecule has 2 aromatic rings. The Morgan fingerprint density at radius 2 is 1.81 bits per heavy atom. The van der Waals surface area contributed by atoms with Crippen molar-refractivity contribution in [2.24, 2.45) is 5.73 Å². The van der Waals surface area contributed by atoms with Crippen molar-refractivity contribution >= 4 is 17.4 Å². The highest BCUT2D eigenvalue weighted by Crippen LogP contribution is 2.30. The molecule has 0 aromatic heterocycles. The number of likely N-dealkylation sites (N-methyl/N-ethyl adjacent to an activating group) is 1. The molecule has 0 spiro atoms. The topological polar surface area (TPSA) is 29.3 Å². The summed E-state index contributed by atoms with van der Waals surface area (Å²) < 4.78 is 0. The quantitative estimate of drug-likeness (QED) is 0.785. The second-order valence-corrected chi connectivity index (χ2v) is 6.35. The van der Waals surface area contributed by atoms with Gasteiger partial charge in [0, 0.05) is 36.3 Å². The van der Waals surface area contributed by atoms with E-state index in [1.54, 1.807) is 0 Å². The van der Waals surface area contributed by atoms with Crippen LogP contribution in [0.3, 0.4) is 0 Å². The molecule has 2 aromatic carbocycles. The molecule has 0 fully saturated rings. The third-order valence-electron chi connectivity index (χ3n) is 3.60. The Hall–Kier alpha value is -1.45. The van der Waals surface area contributed by atoms with E-state index in [2.05, 4.69) is 67.4 Å². The van der Waals surface area contributed by atoms with E-state index < -0.39 is 0 Å². The third-order valence-corrected chi connectivity index (χ3v) is 4.58. The minimum absolute atomic E-state index is 0.591. The largest absolute Gasteiger partial charge is 0.374 e. The molecule has 0 aliphatic heterocycles. The summed E-state index contributed by atoms with van der Waals surface area (Å²) in [5.74, 6) is 1.07. The van der Waals surface area contributed by atoms with Crippen molar-refractivity contribution in [3.05, 3.63) is 59.7 Å². The van der Waals surface area contributed by atoms with Gasteiger partial charge in [0.2, 0.25) is 0 Å². The number of nitrogens with zero attached hydrogens (tertiary/aromatic N) is 1. The first kappa shape index (κ1) is 15.9. The van der Waals surface area contributed by atoms with E-state index in [1.807, 2.05) is 11.8 Å². The van der Waals surface area contributed by atoms with E-state index in [0.717, 1.165) is 18.7 Å².